The van der Waals surface area contributed by atoms with Crippen LogP contribution in [0.15, 0.2) is 18.3 Å². The van der Waals surface area contributed by atoms with Gasteiger partial charge in [0.2, 0.25) is 0 Å². The molecule has 0 amide bonds. The average Bonchev–Trinajstić information content (AvgIpc) is 2.46. The number of piperidine rings is 1. The van der Waals surface area contributed by atoms with E-state index in [0.717, 1.165) is 0 Å². The number of carbonyl (C=O) groups is 2. The Morgan fingerprint density at radius 1 is 1.50 bits per heavy atom. The maximum Gasteiger partial charge on any atom is 0.338 e. The van der Waals surface area contributed by atoms with Gasteiger partial charge < -0.3 is 14.7 Å². The van der Waals surface area contributed by atoms with Crippen molar-refractivity contribution in [2.75, 3.05) is 18.6 Å². The highest BCUT2D eigenvalue weighted by molar-refractivity contribution is 5.90. The minimum Gasteiger partial charge on any atom is -0.481 e. The zero-order valence-electron chi connectivity index (χ0n) is 11.6. The Bertz CT molecular complexity index is 518. The van der Waals surface area contributed by atoms with Gasteiger partial charge in [-0.3, -0.25) is 4.79 Å². The topological polar surface area (TPSA) is 79.7 Å². The summed E-state index contributed by atoms with van der Waals surface area (Å²) in [5, 5.41) is 9.07. The van der Waals surface area contributed by atoms with Gasteiger partial charge in [0, 0.05) is 18.8 Å². The van der Waals surface area contributed by atoms with E-state index in [1.165, 1.54) is 7.11 Å². The Kier molecular flexibility index (Phi) is 4.22. The van der Waals surface area contributed by atoms with E-state index in [2.05, 4.69) is 4.98 Å². The summed E-state index contributed by atoms with van der Waals surface area (Å²) in [7, 11) is 1.34. The molecule has 2 heterocycles. The molecule has 6 heteroatoms. The van der Waals surface area contributed by atoms with Crippen LogP contribution in [-0.4, -0.2) is 41.7 Å². The van der Waals surface area contributed by atoms with Gasteiger partial charge >= 0.3 is 11.9 Å². The van der Waals surface area contributed by atoms with Crippen LogP contribution in [0.4, 0.5) is 5.82 Å². The lowest BCUT2D eigenvalue weighted by atomic mass is 9.92. The van der Waals surface area contributed by atoms with Crippen LogP contribution in [0.2, 0.25) is 0 Å². The Morgan fingerprint density at radius 3 is 2.85 bits per heavy atom. The van der Waals surface area contributed by atoms with Gasteiger partial charge in [0.1, 0.15) is 5.82 Å². The van der Waals surface area contributed by atoms with E-state index in [9.17, 15) is 9.59 Å². The average molecular weight is 278 g/mol. The molecule has 0 spiro atoms. The summed E-state index contributed by atoms with van der Waals surface area (Å²) in [6, 6.07) is 3.36. The number of anilines is 1. The molecule has 1 aromatic heterocycles. The van der Waals surface area contributed by atoms with Gasteiger partial charge in [-0.1, -0.05) is 0 Å². The van der Waals surface area contributed by atoms with E-state index >= 15 is 0 Å². The zero-order valence-corrected chi connectivity index (χ0v) is 11.6. The van der Waals surface area contributed by atoms with Crippen molar-refractivity contribution >= 4 is 17.8 Å². The Morgan fingerprint density at radius 2 is 2.25 bits per heavy atom. The fraction of sp³-hybridized carbons (Fsp3) is 0.500. The van der Waals surface area contributed by atoms with Crippen molar-refractivity contribution in [1.29, 1.82) is 0 Å². The Hall–Kier alpha value is -2.11. The summed E-state index contributed by atoms with van der Waals surface area (Å²) in [6.45, 7) is 2.59. The van der Waals surface area contributed by atoms with Gasteiger partial charge in [0.15, 0.2) is 0 Å². The molecule has 108 valence electrons. The Labute approximate surface area is 117 Å². The van der Waals surface area contributed by atoms with Crippen LogP contribution >= 0.6 is 0 Å². The highest BCUT2D eigenvalue weighted by Crippen LogP contribution is 2.27. The number of carboxylic acids is 1. The largest absolute Gasteiger partial charge is 0.481 e. The summed E-state index contributed by atoms with van der Waals surface area (Å²) >= 11 is 0. The number of hydrogen-bond donors (Lipinski definition) is 1. The van der Waals surface area contributed by atoms with Crippen LogP contribution in [0.3, 0.4) is 0 Å². The summed E-state index contributed by atoms with van der Waals surface area (Å²) in [5.74, 6) is -0.760. The second kappa shape index (κ2) is 5.90. The smallest absolute Gasteiger partial charge is 0.338 e. The second-order valence-electron chi connectivity index (χ2n) is 5.00. The molecule has 1 aliphatic rings. The van der Waals surface area contributed by atoms with Crippen molar-refractivity contribution in [3.05, 3.63) is 23.9 Å². The van der Waals surface area contributed by atoms with Crippen LogP contribution in [0.5, 0.6) is 0 Å². The third-order valence-corrected chi connectivity index (χ3v) is 3.69. The first-order valence-corrected chi connectivity index (χ1v) is 6.56. The predicted octanol–water partition coefficient (Wildman–Crippen LogP) is 1.56. The van der Waals surface area contributed by atoms with E-state index in [0.29, 0.717) is 30.8 Å². The van der Waals surface area contributed by atoms with E-state index in [1.54, 1.807) is 18.3 Å². The number of ether oxygens (including phenoxy) is 1. The summed E-state index contributed by atoms with van der Waals surface area (Å²) in [5.41, 5.74) is 0.449. The minimum absolute atomic E-state index is 0.0743. The van der Waals surface area contributed by atoms with Crippen molar-refractivity contribution < 1.29 is 19.4 Å². The van der Waals surface area contributed by atoms with Crippen molar-refractivity contribution in [2.24, 2.45) is 5.92 Å². The van der Waals surface area contributed by atoms with Crippen LogP contribution in [-0.2, 0) is 9.53 Å². The number of esters is 1. The number of hydrogen-bond acceptors (Lipinski definition) is 5. The van der Waals surface area contributed by atoms with Crippen LogP contribution in [0.25, 0.3) is 0 Å². The fourth-order valence-electron chi connectivity index (χ4n) is 2.56. The number of aromatic nitrogens is 1. The number of carboxylic acid groups (broad SMARTS) is 1. The number of carbonyl (C=O) groups excluding carboxylic acids is 1. The van der Waals surface area contributed by atoms with Crippen LogP contribution in [0.1, 0.15) is 30.1 Å². The van der Waals surface area contributed by atoms with E-state index in [-0.39, 0.29) is 12.0 Å². The van der Waals surface area contributed by atoms with Crippen LogP contribution < -0.4 is 4.90 Å². The molecule has 0 saturated carbocycles. The number of aliphatic carboxylic acids is 1. The molecule has 20 heavy (non-hydrogen) atoms. The van der Waals surface area contributed by atoms with Crippen molar-refractivity contribution in [1.82, 2.24) is 4.98 Å². The maximum atomic E-state index is 11.5. The van der Waals surface area contributed by atoms with Crippen molar-refractivity contribution in [2.45, 2.75) is 25.8 Å². The van der Waals surface area contributed by atoms with Gasteiger partial charge in [-0.15, -0.1) is 0 Å². The normalized spacial score (nSPS) is 22.4. The first-order chi connectivity index (χ1) is 9.52. The quantitative estimate of drug-likeness (QED) is 0.845. The molecule has 1 N–H and O–H groups in total. The third kappa shape index (κ3) is 2.89. The first kappa shape index (κ1) is 14.3. The predicted molar refractivity (Wildman–Crippen MR) is 72.7 cm³/mol. The molecule has 1 aliphatic heterocycles. The van der Waals surface area contributed by atoms with E-state index in [4.69, 9.17) is 9.84 Å². The lowest BCUT2D eigenvalue weighted by Crippen LogP contribution is -2.43. The molecular weight excluding hydrogens is 260 g/mol. The third-order valence-electron chi connectivity index (χ3n) is 3.69. The minimum atomic E-state index is -0.743. The number of nitrogens with zero attached hydrogens (tertiary/aromatic N) is 2. The summed E-state index contributed by atoms with van der Waals surface area (Å²) in [4.78, 5) is 28.9. The second-order valence-corrected chi connectivity index (χ2v) is 5.00. The molecule has 6 nitrogen and oxygen atoms in total. The van der Waals surface area contributed by atoms with Gasteiger partial charge in [0.25, 0.3) is 0 Å². The lowest BCUT2D eigenvalue weighted by molar-refractivity contribution is -0.142. The maximum absolute atomic E-state index is 11.5. The molecule has 1 saturated heterocycles. The molecule has 0 aromatic carbocycles. The van der Waals surface area contributed by atoms with Gasteiger partial charge in [-0.2, -0.15) is 0 Å². The SMILES string of the molecule is COC(=O)c1ccnc(N2CCC(C(=O)O)CC2C)c1. The molecule has 2 rings (SSSR count). The molecule has 2 unspecified atom stereocenters. The highest BCUT2D eigenvalue weighted by Gasteiger charge is 2.30. The van der Waals surface area contributed by atoms with Crippen molar-refractivity contribution in [3.63, 3.8) is 0 Å². The van der Waals surface area contributed by atoms with Gasteiger partial charge in [-0.05, 0) is 31.9 Å². The number of methoxy groups -OCH3 is 1. The lowest BCUT2D eigenvalue weighted by Gasteiger charge is -2.37. The molecule has 0 radical (unpaired) electrons. The Balaban J connectivity index is 2.16. The van der Waals surface area contributed by atoms with E-state index in [1.807, 2.05) is 11.8 Å². The molecule has 1 fully saturated rings. The summed E-state index contributed by atoms with van der Waals surface area (Å²) < 4.78 is 4.69. The molecule has 0 bridgehead atoms. The summed E-state index contributed by atoms with van der Waals surface area (Å²) in [6.07, 6.45) is 2.74. The fourth-order valence-corrected chi connectivity index (χ4v) is 2.56. The van der Waals surface area contributed by atoms with Crippen LogP contribution in [0, 0.1) is 5.92 Å². The van der Waals surface area contributed by atoms with Gasteiger partial charge in [-0.25, -0.2) is 9.78 Å². The first-order valence-electron chi connectivity index (χ1n) is 6.56. The van der Waals surface area contributed by atoms with Crippen molar-refractivity contribution in [3.8, 4) is 0 Å². The van der Waals surface area contributed by atoms with E-state index < -0.39 is 11.9 Å². The standard InChI is InChI=1S/C14H18N2O4/c1-9-7-10(13(17)18)4-6-16(9)12-8-11(3-5-15-12)14(19)20-2/h3,5,8-10H,4,6-7H2,1-2H3,(H,17,18). The monoisotopic (exact) mass is 278 g/mol. The molecule has 0 aliphatic carbocycles. The number of rotatable bonds is 3. The van der Waals surface area contributed by atoms with Gasteiger partial charge in [0.05, 0.1) is 18.6 Å². The molecule has 1 aromatic rings. The highest BCUT2D eigenvalue weighted by atomic mass is 16.5. The number of pyridine rings is 1. The zero-order chi connectivity index (χ0) is 14.7. The molecular formula is C14H18N2O4. The molecule has 2 atom stereocenters.